The Morgan fingerprint density at radius 3 is 2.44 bits per heavy atom. The van der Waals surface area contributed by atoms with Crippen molar-refractivity contribution in [3.8, 4) is 16.9 Å². The fourth-order valence-corrected chi connectivity index (χ4v) is 3.73. The third-order valence-electron chi connectivity index (χ3n) is 4.18. The summed E-state index contributed by atoms with van der Waals surface area (Å²) in [5, 5.41) is 2.57. The number of alkyl halides is 3. The van der Waals surface area contributed by atoms with Gasteiger partial charge >= 0.3 is 6.18 Å². The Labute approximate surface area is 180 Å². The van der Waals surface area contributed by atoms with Crippen LogP contribution in [0.5, 0.6) is 5.75 Å². The zero-order valence-electron chi connectivity index (χ0n) is 16.8. The summed E-state index contributed by atoms with van der Waals surface area (Å²) in [7, 11) is -1.84. The van der Waals surface area contributed by atoms with Crippen molar-refractivity contribution in [3.63, 3.8) is 0 Å². The first-order chi connectivity index (χ1) is 14.9. The number of rotatable bonds is 6. The highest BCUT2D eigenvalue weighted by molar-refractivity contribution is 7.90. The van der Waals surface area contributed by atoms with Gasteiger partial charge < -0.3 is 10.1 Å². The molecule has 1 unspecified atom stereocenters. The van der Waals surface area contributed by atoms with E-state index in [1.54, 1.807) is 0 Å². The lowest BCUT2D eigenvalue weighted by Crippen LogP contribution is -2.12. The Balaban J connectivity index is 2.04. The molecular formula is C20H17F5N4O2S. The molecule has 0 radical (unpaired) electrons. The van der Waals surface area contributed by atoms with Crippen molar-refractivity contribution in [1.82, 2.24) is 9.97 Å². The lowest BCUT2D eigenvalue weighted by molar-refractivity contribution is -0.141. The van der Waals surface area contributed by atoms with Gasteiger partial charge in [-0.2, -0.15) is 13.2 Å². The summed E-state index contributed by atoms with van der Waals surface area (Å²) in [4.78, 5) is 7.32. The maximum Gasteiger partial charge on any atom is 0.433 e. The second-order valence-electron chi connectivity index (χ2n) is 6.91. The van der Waals surface area contributed by atoms with E-state index in [4.69, 9.17) is 9.52 Å². The standard InChI is InChI=1S/C20H17F5N4O2S/c1-31-16-7-12(21)3-4-13(16)14-8-18(27-9-15(14)22)29-19-6-11(10-32(2,26)30)5-17(28-19)20(23,24)25/h3-9,26H,10H2,1-2H3,(H,27,28,29). The van der Waals surface area contributed by atoms with Crippen LogP contribution in [-0.2, 0) is 21.7 Å². The zero-order chi connectivity index (χ0) is 23.7. The maximum absolute atomic E-state index is 14.4. The number of anilines is 2. The first-order valence-electron chi connectivity index (χ1n) is 8.92. The molecule has 0 aliphatic carbocycles. The average molecular weight is 472 g/mol. The lowest BCUT2D eigenvalue weighted by Gasteiger charge is -2.14. The van der Waals surface area contributed by atoms with Gasteiger partial charge in [0.2, 0.25) is 0 Å². The number of pyridine rings is 2. The highest BCUT2D eigenvalue weighted by Crippen LogP contribution is 2.34. The molecule has 0 spiro atoms. The SMILES string of the molecule is COc1cc(F)ccc1-c1cc(Nc2cc(CS(C)(=N)=O)cc(C(F)(F)F)n2)ncc1F. The number of nitrogens with zero attached hydrogens (tertiary/aromatic N) is 2. The van der Waals surface area contributed by atoms with Gasteiger partial charge in [0.05, 0.1) is 19.1 Å². The van der Waals surface area contributed by atoms with Gasteiger partial charge in [0.1, 0.15) is 34.7 Å². The predicted molar refractivity (Wildman–Crippen MR) is 109 cm³/mol. The molecular weight excluding hydrogens is 455 g/mol. The molecule has 0 amide bonds. The molecule has 0 aliphatic heterocycles. The number of benzene rings is 1. The molecule has 3 rings (SSSR count). The first kappa shape index (κ1) is 23.4. The molecule has 2 heterocycles. The number of halogens is 5. The molecule has 1 atom stereocenters. The van der Waals surface area contributed by atoms with Crippen LogP contribution in [0.25, 0.3) is 11.1 Å². The second-order valence-corrected chi connectivity index (χ2v) is 9.21. The molecule has 32 heavy (non-hydrogen) atoms. The average Bonchev–Trinajstić information content (AvgIpc) is 2.67. The van der Waals surface area contributed by atoms with E-state index in [1.807, 2.05) is 0 Å². The molecule has 2 aromatic heterocycles. The number of methoxy groups -OCH3 is 1. The van der Waals surface area contributed by atoms with E-state index in [2.05, 4.69) is 15.3 Å². The third-order valence-corrected chi connectivity index (χ3v) is 5.07. The summed E-state index contributed by atoms with van der Waals surface area (Å²) >= 11 is 0. The molecule has 12 heteroatoms. The summed E-state index contributed by atoms with van der Waals surface area (Å²) in [5.74, 6) is -2.06. The Kier molecular flexibility index (Phi) is 6.35. The van der Waals surface area contributed by atoms with Gasteiger partial charge in [-0.15, -0.1) is 0 Å². The molecule has 0 fully saturated rings. The van der Waals surface area contributed by atoms with Crippen molar-refractivity contribution in [3.05, 3.63) is 65.5 Å². The predicted octanol–water partition coefficient (Wildman–Crippen LogP) is 5.37. The number of aromatic nitrogens is 2. The minimum absolute atomic E-state index is 0.0140. The third kappa shape index (κ3) is 5.69. The van der Waals surface area contributed by atoms with Crippen LogP contribution in [-0.4, -0.2) is 27.5 Å². The monoisotopic (exact) mass is 472 g/mol. The van der Waals surface area contributed by atoms with Crippen LogP contribution in [0.1, 0.15) is 11.3 Å². The molecule has 1 aromatic carbocycles. The minimum atomic E-state index is -4.79. The Morgan fingerprint density at radius 2 is 1.81 bits per heavy atom. The van der Waals surface area contributed by atoms with Crippen molar-refractivity contribution in [2.75, 3.05) is 18.7 Å². The minimum Gasteiger partial charge on any atom is -0.496 e. The second kappa shape index (κ2) is 8.69. The molecule has 0 bridgehead atoms. The highest BCUT2D eigenvalue weighted by atomic mass is 32.2. The molecule has 0 saturated heterocycles. The van der Waals surface area contributed by atoms with E-state index in [-0.39, 0.29) is 34.1 Å². The number of ether oxygens (including phenoxy) is 1. The van der Waals surface area contributed by atoms with Crippen LogP contribution in [0.15, 0.2) is 42.6 Å². The summed E-state index contributed by atoms with van der Waals surface area (Å²) in [6, 6.07) is 6.59. The topological polar surface area (TPSA) is 88.0 Å². The zero-order valence-corrected chi connectivity index (χ0v) is 17.6. The van der Waals surface area contributed by atoms with E-state index in [0.29, 0.717) is 0 Å². The molecule has 0 aliphatic rings. The summed E-state index contributed by atoms with van der Waals surface area (Å²) in [5.41, 5.74) is -1.09. The van der Waals surface area contributed by atoms with Crippen LogP contribution in [0.4, 0.5) is 33.6 Å². The normalized spacial score (nSPS) is 13.5. The van der Waals surface area contributed by atoms with E-state index in [1.165, 1.54) is 25.3 Å². The van der Waals surface area contributed by atoms with Crippen LogP contribution >= 0.6 is 0 Å². The number of hydrogen-bond acceptors (Lipinski definition) is 6. The van der Waals surface area contributed by atoms with Gasteiger partial charge in [-0.05, 0) is 35.9 Å². The van der Waals surface area contributed by atoms with Gasteiger partial charge in [-0.1, -0.05) is 0 Å². The van der Waals surface area contributed by atoms with Gasteiger partial charge in [0, 0.05) is 33.2 Å². The Hall–Kier alpha value is -3.28. The van der Waals surface area contributed by atoms with E-state index < -0.39 is 39.0 Å². The van der Waals surface area contributed by atoms with Gasteiger partial charge in [-0.3, -0.25) is 4.78 Å². The molecule has 3 aromatic rings. The van der Waals surface area contributed by atoms with Crippen molar-refractivity contribution in [2.45, 2.75) is 11.9 Å². The molecule has 170 valence electrons. The largest absolute Gasteiger partial charge is 0.496 e. The molecule has 6 nitrogen and oxygen atoms in total. The fourth-order valence-electron chi connectivity index (χ4n) is 2.93. The quantitative estimate of drug-likeness (QED) is 0.471. The molecule has 0 saturated carbocycles. The first-order valence-corrected chi connectivity index (χ1v) is 11.1. The maximum atomic E-state index is 14.4. The van der Waals surface area contributed by atoms with E-state index >= 15 is 0 Å². The van der Waals surface area contributed by atoms with Crippen LogP contribution < -0.4 is 10.1 Å². The highest BCUT2D eigenvalue weighted by Gasteiger charge is 2.33. The van der Waals surface area contributed by atoms with Crippen molar-refractivity contribution in [1.29, 1.82) is 4.78 Å². The summed E-state index contributed by atoms with van der Waals surface area (Å²) in [6.45, 7) is 0. The van der Waals surface area contributed by atoms with Gasteiger partial charge in [-0.25, -0.2) is 23.0 Å². The van der Waals surface area contributed by atoms with Gasteiger partial charge in [0.15, 0.2) is 0 Å². The van der Waals surface area contributed by atoms with Crippen molar-refractivity contribution in [2.24, 2.45) is 0 Å². The van der Waals surface area contributed by atoms with Crippen molar-refractivity contribution >= 4 is 21.4 Å². The summed E-state index contributed by atoms with van der Waals surface area (Å²) in [6.07, 6.45) is -2.83. The fraction of sp³-hybridized carbons (Fsp3) is 0.200. The van der Waals surface area contributed by atoms with Gasteiger partial charge in [0.25, 0.3) is 0 Å². The Bertz CT molecular complexity index is 1260. The number of hydrogen-bond donors (Lipinski definition) is 2. The lowest BCUT2D eigenvalue weighted by atomic mass is 10.0. The van der Waals surface area contributed by atoms with Crippen LogP contribution in [0.2, 0.25) is 0 Å². The van der Waals surface area contributed by atoms with Crippen LogP contribution in [0.3, 0.4) is 0 Å². The van der Waals surface area contributed by atoms with Crippen LogP contribution in [0, 0.1) is 16.4 Å². The van der Waals surface area contributed by atoms with Crippen molar-refractivity contribution < 1.29 is 30.9 Å². The molecule has 2 N–H and O–H groups in total. The van der Waals surface area contributed by atoms with E-state index in [0.717, 1.165) is 30.7 Å². The smallest absolute Gasteiger partial charge is 0.433 e. The number of nitrogens with one attached hydrogen (secondary N) is 2. The Morgan fingerprint density at radius 1 is 1.09 bits per heavy atom. The van der Waals surface area contributed by atoms with E-state index in [9.17, 15) is 26.2 Å². The summed E-state index contributed by atoms with van der Waals surface area (Å²) < 4.78 is 92.0.